The minimum absolute atomic E-state index is 0.0539. The minimum Gasteiger partial charge on any atom is -0.493 e. The second kappa shape index (κ2) is 3.82. The predicted molar refractivity (Wildman–Crippen MR) is 69.3 cm³/mol. The van der Waals surface area contributed by atoms with Gasteiger partial charge in [0.2, 0.25) is 5.88 Å². The van der Waals surface area contributed by atoms with E-state index in [4.69, 9.17) is 0 Å². The molecular weight excluding hydrogens is 232 g/mol. The molecule has 0 saturated carbocycles. The van der Waals surface area contributed by atoms with Gasteiger partial charge in [-0.25, -0.2) is 9.97 Å². The van der Waals surface area contributed by atoms with Crippen molar-refractivity contribution in [3.05, 3.63) is 41.5 Å². The SMILES string of the molecule is Cc1sc2ncnc(O)c2c1-c1ccccc1. The van der Waals surface area contributed by atoms with E-state index in [0.717, 1.165) is 26.2 Å². The first kappa shape index (κ1) is 10.2. The molecule has 0 fully saturated rings. The van der Waals surface area contributed by atoms with Crippen LogP contribution in [0.4, 0.5) is 0 Å². The molecule has 0 aliphatic heterocycles. The van der Waals surface area contributed by atoms with Crippen LogP contribution in [0.2, 0.25) is 0 Å². The summed E-state index contributed by atoms with van der Waals surface area (Å²) in [6.07, 6.45) is 1.39. The first-order chi connectivity index (χ1) is 8.27. The van der Waals surface area contributed by atoms with E-state index < -0.39 is 0 Å². The Morgan fingerprint density at radius 3 is 2.65 bits per heavy atom. The van der Waals surface area contributed by atoms with Crippen molar-refractivity contribution in [1.29, 1.82) is 0 Å². The summed E-state index contributed by atoms with van der Waals surface area (Å²) in [4.78, 5) is 10.0. The van der Waals surface area contributed by atoms with Crippen molar-refractivity contribution in [3.63, 3.8) is 0 Å². The van der Waals surface area contributed by atoms with E-state index in [2.05, 4.69) is 9.97 Å². The van der Waals surface area contributed by atoms with Gasteiger partial charge >= 0.3 is 0 Å². The van der Waals surface area contributed by atoms with Crippen LogP contribution >= 0.6 is 11.3 Å². The molecule has 2 aromatic heterocycles. The zero-order chi connectivity index (χ0) is 11.8. The lowest BCUT2D eigenvalue weighted by Gasteiger charge is -2.02. The Morgan fingerprint density at radius 2 is 1.88 bits per heavy atom. The molecule has 0 radical (unpaired) electrons. The van der Waals surface area contributed by atoms with E-state index in [-0.39, 0.29) is 5.88 Å². The molecule has 3 rings (SSSR count). The molecular formula is C13H10N2OS. The average Bonchev–Trinajstić information content (AvgIpc) is 2.68. The smallest absolute Gasteiger partial charge is 0.223 e. The molecule has 2 heterocycles. The van der Waals surface area contributed by atoms with Gasteiger partial charge in [-0.05, 0) is 12.5 Å². The van der Waals surface area contributed by atoms with E-state index in [1.165, 1.54) is 6.33 Å². The molecule has 0 saturated heterocycles. The highest BCUT2D eigenvalue weighted by Crippen LogP contribution is 2.40. The highest BCUT2D eigenvalue weighted by molar-refractivity contribution is 7.19. The molecule has 84 valence electrons. The summed E-state index contributed by atoms with van der Waals surface area (Å²) in [7, 11) is 0. The minimum atomic E-state index is 0.0539. The molecule has 0 atom stereocenters. The largest absolute Gasteiger partial charge is 0.493 e. The van der Waals surface area contributed by atoms with Crippen molar-refractivity contribution in [2.75, 3.05) is 0 Å². The zero-order valence-corrected chi connectivity index (χ0v) is 10.0. The Kier molecular flexibility index (Phi) is 2.30. The highest BCUT2D eigenvalue weighted by atomic mass is 32.1. The maximum atomic E-state index is 9.88. The third-order valence-electron chi connectivity index (χ3n) is 2.71. The maximum absolute atomic E-state index is 9.88. The van der Waals surface area contributed by atoms with Gasteiger partial charge in [0.25, 0.3) is 0 Å². The first-order valence-electron chi connectivity index (χ1n) is 5.26. The average molecular weight is 242 g/mol. The number of aromatic hydroxyl groups is 1. The van der Waals surface area contributed by atoms with Gasteiger partial charge in [-0.1, -0.05) is 30.3 Å². The summed E-state index contributed by atoms with van der Waals surface area (Å²) in [5, 5.41) is 10.6. The van der Waals surface area contributed by atoms with Gasteiger partial charge in [-0.15, -0.1) is 11.3 Å². The van der Waals surface area contributed by atoms with Crippen LogP contribution < -0.4 is 0 Å². The van der Waals surface area contributed by atoms with Crippen LogP contribution in [0.5, 0.6) is 5.88 Å². The Hall–Kier alpha value is -1.94. The maximum Gasteiger partial charge on any atom is 0.223 e. The molecule has 1 aromatic carbocycles. The van der Waals surface area contributed by atoms with Crippen LogP contribution in [0.3, 0.4) is 0 Å². The zero-order valence-electron chi connectivity index (χ0n) is 9.21. The summed E-state index contributed by atoms with van der Waals surface area (Å²) in [6, 6.07) is 10.0. The van der Waals surface area contributed by atoms with Crippen LogP contribution in [0.25, 0.3) is 21.3 Å². The van der Waals surface area contributed by atoms with Crippen LogP contribution in [0.1, 0.15) is 4.88 Å². The normalized spacial score (nSPS) is 10.9. The lowest BCUT2D eigenvalue weighted by molar-refractivity contribution is 0.459. The van der Waals surface area contributed by atoms with Gasteiger partial charge in [0.05, 0.1) is 5.39 Å². The molecule has 17 heavy (non-hydrogen) atoms. The van der Waals surface area contributed by atoms with Crippen LogP contribution in [0.15, 0.2) is 36.7 Å². The lowest BCUT2D eigenvalue weighted by Crippen LogP contribution is -1.82. The molecule has 0 bridgehead atoms. The molecule has 0 spiro atoms. The third-order valence-corrected chi connectivity index (χ3v) is 3.72. The number of aryl methyl sites for hydroxylation is 1. The summed E-state index contributed by atoms with van der Waals surface area (Å²) >= 11 is 1.58. The topological polar surface area (TPSA) is 46.0 Å². The highest BCUT2D eigenvalue weighted by Gasteiger charge is 2.15. The van der Waals surface area contributed by atoms with E-state index in [1.807, 2.05) is 37.3 Å². The van der Waals surface area contributed by atoms with Crippen molar-refractivity contribution < 1.29 is 5.11 Å². The van der Waals surface area contributed by atoms with Crippen LogP contribution in [-0.4, -0.2) is 15.1 Å². The number of rotatable bonds is 1. The predicted octanol–water partition coefficient (Wildman–Crippen LogP) is 3.37. The molecule has 4 heteroatoms. The summed E-state index contributed by atoms with van der Waals surface area (Å²) in [6.45, 7) is 2.04. The Balaban J connectivity index is 2.40. The van der Waals surface area contributed by atoms with Crippen molar-refractivity contribution in [3.8, 4) is 17.0 Å². The number of hydrogen-bond donors (Lipinski definition) is 1. The Bertz CT molecular complexity index is 676. The summed E-state index contributed by atoms with van der Waals surface area (Å²) in [5.41, 5.74) is 2.12. The number of thiophene rings is 1. The number of aromatic nitrogens is 2. The van der Waals surface area contributed by atoms with E-state index in [0.29, 0.717) is 0 Å². The van der Waals surface area contributed by atoms with Gasteiger partial charge in [-0.3, -0.25) is 0 Å². The van der Waals surface area contributed by atoms with Crippen LogP contribution in [-0.2, 0) is 0 Å². The standard InChI is InChI=1S/C13H10N2OS/c1-8-10(9-5-3-2-4-6-9)11-12(16)14-7-15-13(11)17-8/h2-7H,1H3,(H,14,15,16). The molecule has 0 aliphatic rings. The molecule has 3 aromatic rings. The lowest BCUT2D eigenvalue weighted by atomic mass is 10.0. The van der Waals surface area contributed by atoms with E-state index >= 15 is 0 Å². The van der Waals surface area contributed by atoms with Crippen molar-refractivity contribution >= 4 is 21.6 Å². The second-order valence-corrected chi connectivity index (χ2v) is 4.98. The molecule has 3 nitrogen and oxygen atoms in total. The fourth-order valence-corrected chi connectivity index (χ4v) is 2.99. The Morgan fingerprint density at radius 1 is 1.12 bits per heavy atom. The van der Waals surface area contributed by atoms with E-state index in [9.17, 15) is 5.11 Å². The Labute approximate surface area is 102 Å². The quantitative estimate of drug-likeness (QED) is 0.711. The number of fused-ring (bicyclic) bond motifs is 1. The van der Waals surface area contributed by atoms with Crippen molar-refractivity contribution in [2.24, 2.45) is 0 Å². The third kappa shape index (κ3) is 1.57. The molecule has 0 aliphatic carbocycles. The fourth-order valence-electron chi connectivity index (χ4n) is 1.98. The first-order valence-corrected chi connectivity index (χ1v) is 6.07. The monoisotopic (exact) mass is 242 g/mol. The van der Waals surface area contributed by atoms with Crippen LogP contribution in [0, 0.1) is 6.92 Å². The van der Waals surface area contributed by atoms with Gasteiger partial charge in [0.1, 0.15) is 11.2 Å². The van der Waals surface area contributed by atoms with Crippen molar-refractivity contribution in [1.82, 2.24) is 9.97 Å². The molecule has 0 amide bonds. The molecule has 0 unspecified atom stereocenters. The van der Waals surface area contributed by atoms with Gasteiger partial charge < -0.3 is 5.11 Å². The molecule has 1 N–H and O–H groups in total. The number of hydrogen-bond acceptors (Lipinski definition) is 4. The summed E-state index contributed by atoms with van der Waals surface area (Å²) < 4.78 is 0. The van der Waals surface area contributed by atoms with Gasteiger partial charge in [-0.2, -0.15) is 0 Å². The van der Waals surface area contributed by atoms with Gasteiger partial charge in [0.15, 0.2) is 0 Å². The number of benzene rings is 1. The van der Waals surface area contributed by atoms with E-state index in [1.54, 1.807) is 11.3 Å². The second-order valence-electron chi connectivity index (χ2n) is 3.78. The summed E-state index contributed by atoms with van der Waals surface area (Å²) in [5.74, 6) is 0.0539. The fraction of sp³-hybridized carbons (Fsp3) is 0.0769. The van der Waals surface area contributed by atoms with Gasteiger partial charge in [0, 0.05) is 10.4 Å². The van der Waals surface area contributed by atoms with Crippen molar-refractivity contribution in [2.45, 2.75) is 6.92 Å². The number of nitrogens with zero attached hydrogens (tertiary/aromatic N) is 2.